The summed E-state index contributed by atoms with van der Waals surface area (Å²) in [5.74, 6) is -0.720. The van der Waals surface area contributed by atoms with Crippen LogP contribution in [0.25, 0.3) is 6.08 Å². The first-order valence-electron chi connectivity index (χ1n) is 12.1. The van der Waals surface area contributed by atoms with Gasteiger partial charge in [-0.05, 0) is 51.7 Å². The van der Waals surface area contributed by atoms with Crippen LogP contribution in [0.2, 0.25) is 0 Å². The Labute approximate surface area is 222 Å². The Bertz CT molecular complexity index is 1120. The predicted octanol–water partition coefficient (Wildman–Crippen LogP) is 5.23. The summed E-state index contributed by atoms with van der Waals surface area (Å²) in [6.45, 7) is 11.6. The number of carbonyl (C=O) groups is 2. The number of halogens is 2. The standard InChI is InChI=1S/C28H36F2N4O2S/c1-6-11-31-27(35)23(9-7-16-37-17-8-10-24(30)18-20(2)29)19-25-21(3)26(22(4)32-25)28(36)34-14-12-33(5)13-15-34/h6-11,18-19,32H,2,12-17H2,1,3-5H3,(H,31,35). The molecular weight excluding hydrogens is 494 g/mol. The van der Waals surface area contributed by atoms with Gasteiger partial charge in [-0.15, -0.1) is 0 Å². The molecule has 1 saturated heterocycles. The third kappa shape index (κ3) is 9.66. The number of likely N-dealkylation sites (N-methyl/N-ethyl adjacent to an activating group) is 1. The third-order valence-electron chi connectivity index (χ3n) is 5.72. The molecule has 1 aliphatic heterocycles. The number of rotatable bonds is 11. The molecule has 1 aromatic heterocycles. The minimum absolute atomic E-state index is 0.000949. The number of aromatic nitrogens is 1. The molecule has 2 rings (SSSR count). The van der Waals surface area contributed by atoms with E-state index in [9.17, 15) is 18.4 Å². The quantitative estimate of drug-likeness (QED) is 0.233. The summed E-state index contributed by atoms with van der Waals surface area (Å²) < 4.78 is 25.9. The van der Waals surface area contributed by atoms with E-state index in [1.54, 1.807) is 37.4 Å². The maximum Gasteiger partial charge on any atom is 0.256 e. The Morgan fingerprint density at radius 2 is 1.76 bits per heavy atom. The number of amides is 2. The van der Waals surface area contributed by atoms with Gasteiger partial charge in [0.1, 0.15) is 11.7 Å². The van der Waals surface area contributed by atoms with Crippen molar-refractivity contribution in [3.8, 4) is 0 Å². The molecule has 0 unspecified atom stereocenters. The summed E-state index contributed by atoms with van der Waals surface area (Å²) in [5.41, 5.74) is 3.35. The maximum absolute atomic E-state index is 13.3. The Kier molecular flexibility index (Phi) is 12.3. The van der Waals surface area contributed by atoms with Crippen molar-refractivity contribution in [3.63, 3.8) is 0 Å². The average Bonchev–Trinajstić information content (AvgIpc) is 3.13. The second-order valence-corrected chi connectivity index (χ2v) is 9.73. The fourth-order valence-electron chi connectivity index (χ4n) is 3.73. The van der Waals surface area contributed by atoms with Crippen LogP contribution >= 0.6 is 11.8 Å². The van der Waals surface area contributed by atoms with E-state index >= 15 is 0 Å². The van der Waals surface area contributed by atoms with Gasteiger partial charge in [0.05, 0.1) is 5.56 Å². The number of thioether (sulfide) groups is 1. The van der Waals surface area contributed by atoms with Gasteiger partial charge >= 0.3 is 0 Å². The number of hydrogen-bond acceptors (Lipinski definition) is 4. The van der Waals surface area contributed by atoms with E-state index in [0.717, 1.165) is 30.4 Å². The van der Waals surface area contributed by atoms with Crippen LogP contribution in [0.3, 0.4) is 0 Å². The molecule has 0 bridgehead atoms. The topological polar surface area (TPSA) is 68.4 Å². The van der Waals surface area contributed by atoms with Crippen LogP contribution in [0.15, 0.2) is 66.5 Å². The Morgan fingerprint density at radius 1 is 1.11 bits per heavy atom. The molecule has 2 N–H and O–H groups in total. The van der Waals surface area contributed by atoms with Crippen LogP contribution in [-0.4, -0.2) is 71.3 Å². The first-order chi connectivity index (χ1) is 17.6. The smallest absolute Gasteiger partial charge is 0.256 e. The Balaban J connectivity index is 2.16. The van der Waals surface area contributed by atoms with Gasteiger partial charge in [-0.1, -0.05) is 30.9 Å². The molecular formula is C28H36F2N4O2S. The number of aromatic amines is 1. The number of piperazine rings is 1. The monoisotopic (exact) mass is 530 g/mol. The molecule has 1 aromatic rings. The number of carbonyl (C=O) groups excluding carboxylic acids is 2. The second-order valence-electron chi connectivity index (χ2n) is 8.65. The Morgan fingerprint density at radius 3 is 2.38 bits per heavy atom. The summed E-state index contributed by atoms with van der Waals surface area (Å²) >= 11 is 1.50. The van der Waals surface area contributed by atoms with Crippen LogP contribution < -0.4 is 5.32 Å². The van der Waals surface area contributed by atoms with Crippen LogP contribution in [0, 0.1) is 13.8 Å². The van der Waals surface area contributed by atoms with Crippen molar-refractivity contribution in [2.24, 2.45) is 0 Å². The van der Waals surface area contributed by atoms with E-state index in [1.165, 1.54) is 17.8 Å². The zero-order chi connectivity index (χ0) is 27.4. The van der Waals surface area contributed by atoms with Crippen molar-refractivity contribution in [1.82, 2.24) is 20.1 Å². The van der Waals surface area contributed by atoms with E-state index in [0.29, 0.717) is 41.4 Å². The number of allylic oxidation sites excluding steroid dienone is 5. The normalized spacial score (nSPS) is 15.9. The molecule has 9 heteroatoms. The van der Waals surface area contributed by atoms with E-state index in [4.69, 9.17) is 0 Å². The molecule has 2 heterocycles. The van der Waals surface area contributed by atoms with E-state index in [2.05, 4.69) is 21.8 Å². The summed E-state index contributed by atoms with van der Waals surface area (Å²) in [7, 11) is 2.05. The SMILES string of the molecule is C=C(F)C=C(F)C=CCSCC=CC(=Cc1[nH]c(C)c(C(=O)N2CCN(C)CC2)c1C)C(=O)NC=CC. The zero-order valence-electron chi connectivity index (χ0n) is 21.9. The summed E-state index contributed by atoms with van der Waals surface area (Å²) in [6, 6.07) is 0. The lowest BCUT2D eigenvalue weighted by molar-refractivity contribution is -0.116. The highest BCUT2D eigenvalue weighted by Crippen LogP contribution is 2.23. The van der Waals surface area contributed by atoms with Crippen LogP contribution in [0.5, 0.6) is 0 Å². The number of aryl methyl sites for hydroxylation is 1. The number of hydrogen-bond donors (Lipinski definition) is 2. The van der Waals surface area contributed by atoms with E-state index in [1.807, 2.05) is 31.9 Å². The van der Waals surface area contributed by atoms with Gasteiger partial charge in [0.2, 0.25) is 0 Å². The van der Waals surface area contributed by atoms with Gasteiger partial charge in [-0.25, -0.2) is 8.78 Å². The van der Waals surface area contributed by atoms with E-state index in [-0.39, 0.29) is 11.8 Å². The maximum atomic E-state index is 13.3. The molecule has 200 valence electrons. The van der Waals surface area contributed by atoms with Gasteiger partial charge in [0.25, 0.3) is 11.8 Å². The lowest BCUT2D eigenvalue weighted by Crippen LogP contribution is -2.47. The highest BCUT2D eigenvalue weighted by molar-refractivity contribution is 7.99. The number of nitrogens with zero attached hydrogens (tertiary/aromatic N) is 2. The van der Waals surface area contributed by atoms with Crippen molar-refractivity contribution >= 4 is 29.7 Å². The molecule has 6 nitrogen and oxygen atoms in total. The lowest BCUT2D eigenvalue weighted by Gasteiger charge is -2.32. The van der Waals surface area contributed by atoms with Gasteiger partial charge < -0.3 is 20.1 Å². The average molecular weight is 531 g/mol. The third-order valence-corrected chi connectivity index (χ3v) is 6.58. The number of nitrogens with one attached hydrogen (secondary N) is 2. The highest BCUT2D eigenvalue weighted by atomic mass is 32.2. The largest absolute Gasteiger partial charge is 0.358 e. The lowest BCUT2D eigenvalue weighted by atomic mass is 10.1. The highest BCUT2D eigenvalue weighted by Gasteiger charge is 2.25. The van der Waals surface area contributed by atoms with Crippen LogP contribution in [0.4, 0.5) is 8.78 Å². The van der Waals surface area contributed by atoms with Gasteiger partial charge in [0, 0.05) is 60.7 Å². The molecule has 37 heavy (non-hydrogen) atoms. The molecule has 0 aliphatic carbocycles. The van der Waals surface area contributed by atoms with Crippen molar-refractivity contribution < 1.29 is 18.4 Å². The van der Waals surface area contributed by atoms with Crippen LogP contribution in [-0.2, 0) is 4.79 Å². The fraction of sp³-hybridized carbons (Fsp3) is 0.357. The first kappa shape index (κ1) is 30.1. The summed E-state index contributed by atoms with van der Waals surface area (Å²) in [6.07, 6.45) is 12.1. The number of H-pyrrole nitrogens is 1. The zero-order valence-corrected chi connectivity index (χ0v) is 22.8. The van der Waals surface area contributed by atoms with Gasteiger partial charge in [-0.3, -0.25) is 9.59 Å². The summed E-state index contributed by atoms with van der Waals surface area (Å²) in [5, 5.41) is 2.73. The first-order valence-corrected chi connectivity index (χ1v) is 13.2. The Hall–Kier alpha value is -3.17. The van der Waals surface area contributed by atoms with Crippen molar-refractivity contribution in [3.05, 3.63) is 89.0 Å². The predicted molar refractivity (Wildman–Crippen MR) is 150 cm³/mol. The van der Waals surface area contributed by atoms with Crippen molar-refractivity contribution in [1.29, 1.82) is 0 Å². The molecule has 0 aromatic carbocycles. The second kappa shape index (κ2) is 15.2. The van der Waals surface area contributed by atoms with Gasteiger partial charge in [-0.2, -0.15) is 11.8 Å². The molecule has 0 radical (unpaired) electrons. The van der Waals surface area contributed by atoms with E-state index < -0.39 is 11.7 Å². The molecule has 0 spiro atoms. The van der Waals surface area contributed by atoms with Crippen LogP contribution in [0.1, 0.15) is 34.2 Å². The van der Waals surface area contributed by atoms with Crippen molar-refractivity contribution in [2.45, 2.75) is 20.8 Å². The molecule has 1 aliphatic rings. The molecule has 2 amide bonds. The minimum Gasteiger partial charge on any atom is -0.358 e. The van der Waals surface area contributed by atoms with Crippen molar-refractivity contribution in [2.75, 3.05) is 44.7 Å². The van der Waals surface area contributed by atoms with Gasteiger partial charge in [0.15, 0.2) is 0 Å². The molecule has 0 saturated carbocycles. The fourth-order valence-corrected chi connectivity index (χ4v) is 4.33. The molecule has 1 fully saturated rings. The molecule has 0 atom stereocenters. The minimum atomic E-state index is -0.837. The summed E-state index contributed by atoms with van der Waals surface area (Å²) in [4.78, 5) is 33.3.